The predicted molar refractivity (Wildman–Crippen MR) is 112 cm³/mol. The first-order valence-corrected chi connectivity index (χ1v) is 10.4. The van der Waals surface area contributed by atoms with Gasteiger partial charge in [-0.3, -0.25) is 4.90 Å². The van der Waals surface area contributed by atoms with Crippen LogP contribution < -0.4 is 0 Å². The van der Waals surface area contributed by atoms with Crippen LogP contribution in [-0.2, 0) is 11.8 Å². The van der Waals surface area contributed by atoms with Crippen molar-refractivity contribution in [3.63, 3.8) is 0 Å². The lowest BCUT2D eigenvalue weighted by atomic mass is 9.56. The average Bonchev–Trinajstić information content (AvgIpc) is 2.69. The van der Waals surface area contributed by atoms with E-state index < -0.39 is 0 Å². The van der Waals surface area contributed by atoms with Gasteiger partial charge in [-0.2, -0.15) is 0 Å². The molecule has 2 aliphatic rings. The lowest BCUT2D eigenvalue weighted by molar-refractivity contribution is 0.0113. The minimum Gasteiger partial charge on any atom is -0.508 e. The normalized spacial score (nSPS) is 28.5. The Morgan fingerprint density at radius 2 is 1.96 bits per heavy atom. The van der Waals surface area contributed by atoms with Gasteiger partial charge >= 0.3 is 0 Å². The Morgan fingerprint density at radius 1 is 1.11 bits per heavy atom. The predicted octanol–water partition coefficient (Wildman–Crippen LogP) is 5.32. The standard InChI is InChI=1S/C25H31NO/c1-2-8-23-24-13-7-15-25(23,21-11-6-12-22(27)19-21)16-18-26(24)17-14-20-9-4-3-5-10-20/h2-6,8-12,19,23-24,27H,7,13-18H2,1H3/b8-2+/t23-,24-,25+/m1/s1. The molecular formula is C25H31NO. The zero-order chi connectivity index (χ0) is 18.7. The molecule has 27 heavy (non-hydrogen) atoms. The zero-order valence-corrected chi connectivity index (χ0v) is 16.3. The van der Waals surface area contributed by atoms with Crippen LogP contribution >= 0.6 is 0 Å². The van der Waals surface area contributed by atoms with Gasteiger partial charge in [0.05, 0.1) is 0 Å². The second kappa shape index (κ2) is 7.90. The molecule has 2 aromatic rings. The summed E-state index contributed by atoms with van der Waals surface area (Å²) in [6, 6.07) is 19.5. The fourth-order valence-corrected chi connectivity index (χ4v) is 5.56. The summed E-state index contributed by atoms with van der Waals surface area (Å²) >= 11 is 0. The largest absolute Gasteiger partial charge is 0.508 e. The van der Waals surface area contributed by atoms with Crippen molar-refractivity contribution in [1.29, 1.82) is 0 Å². The molecule has 0 unspecified atom stereocenters. The van der Waals surface area contributed by atoms with Crippen LogP contribution in [0.25, 0.3) is 0 Å². The maximum atomic E-state index is 10.1. The van der Waals surface area contributed by atoms with E-state index in [1.807, 2.05) is 12.1 Å². The molecule has 1 N–H and O–H groups in total. The van der Waals surface area contributed by atoms with Crippen LogP contribution in [0.15, 0.2) is 66.7 Å². The fraction of sp³-hybridized carbons (Fsp3) is 0.440. The first-order valence-electron chi connectivity index (χ1n) is 10.4. The van der Waals surface area contributed by atoms with E-state index in [2.05, 4.69) is 60.4 Å². The third-order valence-electron chi connectivity index (χ3n) is 6.84. The molecule has 1 heterocycles. The van der Waals surface area contributed by atoms with E-state index in [-0.39, 0.29) is 5.41 Å². The molecule has 2 aromatic carbocycles. The van der Waals surface area contributed by atoms with Crippen molar-refractivity contribution in [2.45, 2.75) is 50.5 Å². The number of nitrogens with zero attached hydrogens (tertiary/aromatic N) is 1. The molecule has 1 saturated heterocycles. The molecular weight excluding hydrogens is 330 g/mol. The number of fused-ring (bicyclic) bond motifs is 2. The second-order valence-corrected chi connectivity index (χ2v) is 8.24. The quantitative estimate of drug-likeness (QED) is 0.728. The Kier molecular flexibility index (Phi) is 5.36. The van der Waals surface area contributed by atoms with Crippen LogP contribution in [0.1, 0.15) is 43.7 Å². The number of hydrogen-bond donors (Lipinski definition) is 1. The summed E-state index contributed by atoms with van der Waals surface area (Å²) in [5, 5.41) is 10.1. The summed E-state index contributed by atoms with van der Waals surface area (Å²) in [7, 11) is 0. The van der Waals surface area contributed by atoms with Crippen LogP contribution in [0, 0.1) is 5.92 Å². The summed E-state index contributed by atoms with van der Waals surface area (Å²) in [5.41, 5.74) is 2.94. The molecule has 142 valence electrons. The van der Waals surface area contributed by atoms with Gasteiger partial charge in [0.2, 0.25) is 0 Å². The third-order valence-corrected chi connectivity index (χ3v) is 6.84. The van der Waals surface area contributed by atoms with Crippen molar-refractivity contribution in [2.24, 2.45) is 5.92 Å². The van der Waals surface area contributed by atoms with E-state index in [1.165, 1.54) is 36.8 Å². The number of allylic oxidation sites excluding steroid dienone is 1. The van der Waals surface area contributed by atoms with Gasteiger partial charge in [0.1, 0.15) is 5.75 Å². The fourth-order valence-electron chi connectivity index (χ4n) is 5.56. The number of benzene rings is 2. The third kappa shape index (κ3) is 3.55. The van der Waals surface area contributed by atoms with Gasteiger partial charge in [-0.15, -0.1) is 0 Å². The molecule has 2 heteroatoms. The van der Waals surface area contributed by atoms with Gasteiger partial charge in [-0.25, -0.2) is 0 Å². The van der Waals surface area contributed by atoms with Gasteiger partial charge in [0, 0.05) is 23.9 Å². The van der Waals surface area contributed by atoms with Crippen LogP contribution in [0.4, 0.5) is 0 Å². The summed E-state index contributed by atoms with van der Waals surface area (Å²) in [5.74, 6) is 0.928. The highest BCUT2D eigenvalue weighted by atomic mass is 16.3. The van der Waals surface area contributed by atoms with Gasteiger partial charge in [-0.1, -0.05) is 61.0 Å². The van der Waals surface area contributed by atoms with Gasteiger partial charge in [-0.05, 0) is 62.4 Å². The Morgan fingerprint density at radius 3 is 2.74 bits per heavy atom. The van der Waals surface area contributed by atoms with Crippen LogP contribution in [0.5, 0.6) is 5.75 Å². The number of aromatic hydroxyl groups is 1. The molecule has 2 nitrogen and oxygen atoms in total. The summed E-state index contributed by atoms with van der Waals surface area (Å²) in [6.45, 7) is 4.44. The number of likely N-dealkylation sites (tertiary alicyclic amines) is 1. The number of phenolic OH excluding ortho intramolecular Hbond substituents is 1. The molecule has 3 atom stereocenters. The minimum absolute atomic E-state index is 0.178. The SMILES string of the molecule is C/C=C/[C@@H]1[C@H]2CCC[C@@]1(c1cccc(O)c1)CCN2CCc1ccccc1. The van der Waals surface area contributed by atoms with Crippen molar-refractivity contribution in [1.82, 2.24) is 4.90 Å². The average molecular weight is 362 g/mol. The van der Waals surface area contributed by atoms with E-state index in [1.54, 1.807) is 6.07 Å². The van der Waals surface area contributed by atoms with Crippen molar-refractivity contribution < 1.29 is 5.11 Å². The maximum Gasteiger partial charge on any atom is 0.115 e. The molecule has 1 aliphatic carbocycles. The van der Waals surface area contributed by atoms with Crippen LogP contribution in [-0.4, -0.2) is 29.1 Å². The highest BCUT2D eigenvalue weighted by Crippen LogP contribution is 2.52. The van der Waals surface area contributed by atoms with Crippen molar-refractivity contribution in [2.75, 3.05) is 13.1 Å². The van der Waals surface area contributed by atoms with Crippen LogP contribution in [0.2, 0.25) is 0 Å². The van der Waals surface area contributed by atoms with Gasteiger partial charge in [0.25, 0.3) is 0 Å². The van der Waals surface area contributed by atoms with Gasteiger partial charge < -0.3 is 5.11 Å². The van der Waals surface area contributed by atoms with E-state index in [0.717, 1.165) is 19.5 Å². The molecule has 2 bridgehead atoms. The van der Waals surface area contributed by atoms with E-state index in [0.29, 0.717) is 17.7 Å². The first kappa shape index (κ1) is 18.3. The first-order chi connectivity index (χ1) is 13.2. The Labute approximate surface area is 163 Å². The van der Waals surface area contributed by atoms with Crippen molar-refractivity contribution in [3.8, 4) is 5.75 Å². The lowest BCUT2D eigenvalue weighted by Crippen LogP contribution is -2.58. The summed E-state index contributed by atoms with van der Waals surface area (Å²) < 4.78 is 0. The maximum absolute atomic E-state index is 10.1. The van der Waals surface area contributed by atoms with E-state index in [4.69, 9.17) is 0 Å². The zero-order valence-electron chi connectivity index (χ0n) is 16.3. The molecule has 0 aromatic heterocycles. The van der Waals surface area contributed by atoms with Gasteiger partial charge in [0.15, 0.2) is 0 Å². The monoisotopic (exact) mass is 361 g/mol. The summed E-state index contributed by atoms with van der Waals surface area (Å²) in [6.07, 6.45) is 10.8. The topological polar surface area (TPSA) is 23.5 Å². The van der Waals surface area contributed by atoms with E-state index in [9.17, 15) is 5.11 Å². The lowest BCUT2D eigenvalue weighted by Gasteiger charge is -2.56. The second-order valence-electron chi connectivity index (χ2n) is 8.24. The van der Waals surface area contributed by atoms with E-state index >= 15 is 0 Å². The number of hydrogen-bond acceptors (Lipinski definition) is 2. The molecule has 4 rings (SSSR count). The highest BCUT2D eigenvalue weighted by Gasteiger charge is 2.50. The molecule has 1 aliphatic heterocycles. The molecule has 2 fully saturated rings. The van der Waals surface area contributed by atoms with Crippen molar-refractivity contribution >= 4 is 0 Å². The minimum atomic E-state index is 0.178. The summed E-state index contributed by atoms with van der Waals surface area (Å²) in [4.78, 5) is 2.73. The number of piperidine rings is 1. The van der Waals surface area contributed by atoms with Crippen LogP contribution in [0.3, 0.4) is 0 Å². The molecule has 0 spiro atoms. The Balaban J connectivity index is 1.59. The molecule has 1 saturated carbocycles. The van der Waals surface area contributed by atoms with Crippen molar-refractivity contribution in [3.05, 3.63) is 77.9 Å². The Hall–Kier alpha value is -2.06. The molecule has 0 amide bonds. The number of phenols is 1. The highest BCUT2D eigenvalue weighted by molar-refractivity contribution is 5.37. The smallest absolute Gasteiger partial charge is 0.115 e. The molecule has 0 radical (unpaired) electrons. The number of rotatable bonds is 5. The Bertz CT molecular complexity index is 784.